The molecule has 10 heteroatoms. The summed E-state index contributed by atoms with van der Waals surface area (Å²) in [5, 5.41) is 38.4. The van der Waals surface area contributed by atoms with Crippen LogP contribution >= 0.6 is 0 Å². The van der Waals surface area contributed by atoms with Crippen LogP contribution in [-0.2, 0) is 53.3 Å². The Bertz CT molecular complexity index is 762. The summed E-state index contributed by atoms with van der Waals surface area (Å²) in [6.45, 7) is 9.96. The number of aryl methyl sites for hydroxylation is 1. The van der Waals surface area contributed by atoms with Crippen molar-refractivity contribution in [3.8, 4) is 0 Å². The molecule has 0 radical (unpaired) electrons. The first-order chi connectivity index (χ1) is 14.1. The third-order valence-corrected chi connectivity index (χ3v) is 2.48. The molecule has 174 valence electrons. The molecule has 0 bridgehead atoms. The van der Waals surface area contributed by atoms with Crippen LogP contribution in [0, 0.1) is 6.92 Å². The third kappa shape index (κ3) is 40.5. The van der Waals surface area contributed by atoms with Crippen LogP contribution in [0.5, 0.6) is 0 Å². The normalized spacial score (nSPS) is 10.1. The molecule has 0 aromatic heterocycles. The fourth-order valence-corrected chi connectivity index (χ4v) is 1.64. The van der Waals surface area contributed by atoms with Gasteiger partial charge in [0.15, 0.2) is 17.3 Å². The largest absolute Gasteiger partial charge is 2.00 e. The van der Waals surface area contributed by atoms with Crippen molar-refractivity contribution in [2.45, 2.75) is 48.5 Å². The van der Waals surface area contributed by atoms with E-state index in [1.54, 1.807) is 18.2 Å². The Labute approximate surface area is 220 Å². The van der Waals surface area contributed by atoms with Gasteiger partial charge in [-0.1, -0.05) is 38.5 Å². The minimum absolute atomic E-state index is 0. The van der Waals surface area contributed by atoms with Crippen molar-refractivity contribution in [2.75, 3.05) is 0 Å². The van der Waals surface area contributed by atoms with E-state index in [1.807, 2.05) is 13.0 Å². The van der Waals surface area contributed by atoms with Crippen molar-refractivity contribution in [1.82, 2.24) is 0 Å². The molecular weight excluding hydrogens is 535 g/mol. The van der Waals surface area contributed by atoms with Crippen LogP contribution in [0.15, 0.2) is 59.8 Å². The van der Waals surface area contributed by atoms with E-state index in [0.29, 0.717) is 5.56 Å². The average molecular weight is 564 g/mol. The number of hydrogen-bond acceptors (Lipinski definition) is 7. The quantitative estimate of drug-likeness (QED) is 0.325. The van der Waals surface area contributed by atoms with Gasteiger partial charge in [0.2, 0.25) is 0 Å². The molecule has 0 aliphatic heterocycles. The topological polar surface area (TPSA) is 158 Å². The number of carboxylic acids is 1. The number of rotatable bonds is 4. The molecule has 0 amide bonds. The zero-order chi connectivity index (χ0) is 25.1. The fraction of sp³-hybridized carbons (Fsp3) is 0.304. The molecule has 0 saturated carbocycles. The second-order valence-electron chi connectivity index (χ2n) is 6.27. The van der Waals surface area contributed by atoms with Crippen LogP contribution in [0.4, 0.5) is 0 Å². The molecule has 0 spiro atoms. The van der Waals surface area contributed by atoms with Gasteiger partial charge in [-0.2, -0.15) is 0 Å². The van der Waals surface area contributed by atoms with E-state index in [4.69, 9.17) is 5.11 Å². The van der Waals surface area contributed by atoms with Crippen molar-refractivity contribution in [1.29, 1.82) is 0 Å². The van der Waals surface area contributed by atoms with E-state index in [2.05, 4.69) is 0 Å². The Morgan fingerprint density at radius 3 is 1.15 bits per heavy atom. The SMILES string of the molecule is CC(=O)/C=C(/C)[O-].CC(=O)/C=C(/C)[O-].CC(=O)/C=C(/C)[O-].Cc1cccc(C(=O)O)c1.[Zn+2].[Zn]. The molecule has 0 fully saturated rings. The number of hydrogen-bond donors (Lipinski definition) is 1. The first kappa shape index (κ1) is 40.9. The average Bonchev–Trinajstić information content (AvgIpc) is 2.52. The summed E-state index contributed by atoms with van der Waals surface area (Å²) in [7, 11) is 0. The monoisotopic (exact) mass is 561 g/mol. The van der Waals surface area contributed by atoms with Gasteiger partial charge in [-0.15, -0.1) is 17.3 Å². The molecule has 1 N–H and O–H groups in total. The molecular formula is C23H29O8Zn2-. The minimum Gasteiger partial charge on any atom is -0.876 e. The van der Waals surface area contributed by atoms with Crippen molar-refractivity contribution < 1.29 is 78.6 Å². The molecule has 1 aromatic rings. The summed E-state index contributed by atoms with van der Waals surface area (Å²) >= 11 is 0. The maximum atomic E-state index is 10.4. The maximum Gasteiger partial charge on any atom is 2.00 e. The minimum atomic E-state index is -0.872. The van der Waals surface area contributed by atoms with Crippen LogP contribution in [0.1, 0.15) is 57.5 Å². The standard InChI is InChI=1S/C8H8O2.3C5H8O2.2Zn/c1-6-3-2-4-7(5-6)8(9)10;3*1-4(6)3-5(2)7;;/h2-5H,1H3,(H,9,10);3*3,6H,1-2H3;;/q;;;;;+2/p-3/b;3*4-3-;;. The number of benzene rings is 1. The summed E-state index contributed by atoms with van der Waals surface area (Å²) in [4.78, 5) is 40.3. The Balaban J connectivity index is -0.000000105. The number of carboxylic acid groups (broad SMARTS) is 1. The zero-order valence-electron chi connectivity index (χ0n) is 20.3. The number of ketones is 3. The van der Waals surface area contributed by atoms with Gasteiger partial charge in [0.1, 0.15) is 0 Å². The number of allylic oxidation sites excluding steroid dienone is 6. The van der Waals surface area contributed by atoms with Gasteiger partial charge in [-0.25, -0.2) is 4.79 Å². The van der Waals surface area contributed by atoms with Crippen molar-refractivity contribution in [3.63, 3.8) is 0 Å². The summed E-state index contributed by atoms with van der Waals surface area (Å²) < 4.78 is 0. The van der Waals surface area contributed by atoms with Gasteiger partial charge in [0, 0.05) is 19.5 Å². The summed E-state index contributed by atoms with van der Waals surface area (Å²) in [6.07, 6.45) is 3.17. The van der Waals surface area contributed by atoms with Gasteiger partial charge in [0.25, 0.3) is 0 Å². The maximum absolute atomic E-state index is 10.4. The molecule has 1 aromatic carbocycles. The van der Waals surface area contributed by atoms with Gasteiger partial charge >= 0.3 is 25.4 Å². The number of carbonyl (C=O) groups is 4. The zero-order valence-corrected chi connectivity index (χ0v) is 26.2. The van der Waals surface area contributed by atoms with E-state index in [-0.39, 0.29) is 73.6 Å². The van der Waals surface area contributed by atoms with E-state index in [9.17, 15) is 34.5 Å². The molecule has 0 saturated heterocycles. The molecule has 0 aliphatic rings. The van der Waals surface area contributed by atoms with Crippen molar-refractivity contribution in [2.24, 2.45) is 0 Å². The molecule has 0 heterocycles. The van der Waals surface area contributed by atoms with E-state index >= 15 is 0 Å². The smallest absolute Gasteiger partial charge is 0.876 e. The van der Waals surface area contributed by atoms with Crippen LogP contribution in [0.2, 0.25) is 0 Å². The van der Waals surface area contributed by atoms with E-state index < -0.39 is 5.97 Å². The summed E-state index contributed by atoms with van der Waals surface area (Å²) in [6, 6.07) is 6.82. The van der Waals surface area contributed by atoms with Gasteiger partial charge in [-0.3, -0.25) is 14.4 Å². The second kappa shape index (κ2) is 24.2. The molecule has 8 nitrogen and oxygen atoms in total. The second-order valence-corrected chi connectivity index (χ2v) is 6.27. The predicted octanol–water partition coefficient (Wildman–Crippen LogP) is 1.21. The molecule has 1 rings (SSSR count). The Morgan fingerprint density at radius 1 is 0.727 bits per heavy atom. The molecule has 0 unspecified atom stereocenters. The predicted molar refractivity (Wildman–Crippen MR) is 111 cm³/mol. The number of carbonyl (C=O) groups excluding carboxylic acids is 3. The van der Waals surface area contributed by atoms with Gasteiger partial charge in [0.05, 0.1) is 5.56 Å². The summed E-state index contributed by atoms with van der Waals surface area (Å²) in [5.41, 5.74) is 1.32. The van der Waals surface area contributed by atoms with Gasteiger partial charge in [-0.05, 0) is 58.1 Å². The molecule has 0 atom stereocenters. The Hall–Kier alpha value is -2.43. The first-order valence-corrected chi connectivity index (χ1v) is 8.96. The first-order valence-electron chi connectivity index (χ1n) is 8.96. The Morgan fingerprint density at radius 2 is 1.03 bits per heavy atom. The number of aromatic carboxylic acids is 1. The van der Waals surface area contributed by atoms with E-state index in [0.717, 1.165) is 23.8 Å². The van der Waals surface area contributed by atoms with Crippen molar-refractivity contribution >= 4 is 23.3 Å². The third-order valence-electron chi connectivity index (χ3n) is 2.48. The molecule has 0 aliphatic carbocycles. The summed E-state index contributed by atoms with van der Waals surface area (Å²) in [5.74, 6) is -2.00. The molecule has 33 heavy (non-hydrogen) atoms. The van der Waals surface area contributed by atoms with Crippen LogP contribution in [-0.4, -0.2) is 28.4 Å². The van der Waals surface area contributed by atoms with Crippen LogP contribution < -0.4 is 15.3 Å². The van der Waals surface area contributed by atoms with Gasteiger partial charge < -0.3 is 20.4 Å². The van der Waals surface area contributed by atoms with Crippen molar-refractivity contribution in [3.05, 3.63) is 70.9 Å². The van der Waals surface area contributed by atoms with E-state index in [1.165, 1.54) is 41.5 Å². The van der Waals surface area contributed by atoms with Crippen LogP contribution in [0.25, 0.3) is 0 Å². The van der Waals surface area contributed by atoms with Crippen LogP contribution in [0.3, 0.4) is 0 Å². The fourth-order valence-electron chi connectivity index (χ4n) is 1.64. The Kier molecular flexibility index (Phi) is 30.0.